The third kappa shape index (κ3) is 2.69. The molecule has 1 fully saturated rings. The van der Waals surface area contributed by atoms with E-state index in [0.29, 0.717) is 6.54 Å². The number of anilines is 2. The van der Waals surface area contributed by atoms with Crippen molar-refractivity contribution in [3.63, 3.8) is 0 Å². The van der Waals surface area contributed by atoms with Gasteiger partial charge in [-0.25, -0.2) is 15.0 Å². The molecule has 7 nitrogen and oxygen atoms in total. The van der Waals surface area contributed by atoms with Crippen LogP contribution in [0.5, 0.6) is 0 Å². The molecule has 23 heavy (non-hydrogen) atoms. The van der Waals surface area contributed by atoms with Crippen LogP contribution in [-0.4, -0.2) is 37.8 Å². The Morgan fingerprint density at radius 2 is 1.83 bits per heavy atom. The molecule has 0 bridgehead atoms. The van der Waals surface area contributed by atoms with Crippen molar-refractivity contribution in [2.45, 2.75) is 19.4 Å². The fourth-order valence-electron chi connectivity index (χ4n) is 2.90. The topological polar surface area (TPSA) is 71.8 Å². The molecule has 2 aromatic heterocycles. The summed E-state index contributed by atoms with van der Waals surface area (Å²) in [6, 6.07) is 7.98. The molecule has 118 valence electrons. The van der Waals surface area contributed by atoms with Gasteiger partial charge in [0.1, 0.15) is 12.2 Å². The number of nitrogens with zero attached hydrogens (tertiary/aromatic N) is 6. The van der Waals surface area contributed by atoms with Crippen molar-refractivity contribution in [3.8, 4) is 0 Å². The van der Waals surface area contributed by atoms with Crippen LogP contribution in [0.1, 0.15) is 18.7 Å². The Morgan fingerprint density at radius 1 is 1.09 bits per heavy atom. The van der Waals surface area contributed by atoms with Gasteiger partial charge in [0, 0.05) is 20.1 Å². The van der Waals surface area contributed by atoms with Crippen LogP contribution in [0.4, 0.5) is 11.6 Å². The van der Waals surface area contributed by atoms with Crippen LogP contribution in [0.25, 0.3) is 11.0 Å². The molecule has 3 heterocycles. The Hall–Kier alpha value is -2.70. The van der Waals surface area contributed by atoms with E-state index < -0.39 is 0 Å². The number of benzene rings is 1. The lowest BCUT2D eigenvalue weighted by Crippen LogP contribution is -2.22. The summed E-state index contributed by atoms with van der Waals surface area (Å²) < 4.78 is 1.76. The summed E-state index contributed by atoms with van der Waals surface area (Å²) in [5.41, 5.74) is 1.83. The highest BCUT2D eigenvalue weighted by Gasteiger charge is 2.19. The molecular formula is C16H19N7. The number of fused-ring (bicyclic) bond motifs is 1. The lowest BCUT2D eigenvalue weighted by molar-refractivity contribution is 0.711. The largest absolute Gasteiger partial charge is 0.360 e. The van der Waals surface area contributed by atoms with Crippen LogP contribution in [0, 0.1) is 0 Å². The molecule has 1 N–H and O–H groups in total. The highest BCUT2D eigenvalue weighted by molar-refractivity contribution is 5.80. The molecule has 0 radical (unpaired) electrons. The normalized spacial score (nSPS) is 14.6. The number of nitrogens with one attached hydrogen (secondary N) is 1. The molecule has 4 rings (SSSR count). The van der Waals surface area contributed by atoms with Gasteiger partial charge in [-0.1, -0.05) is 12.1 Å². The van der Waals surface area contributed by atoms with E-state index in [-0.39, 0.29) is 0 Å². The van der Waals surface area contributed by atoms with Crippen molar-refractivity contribution in [1.82, 2.24) is 24.7 Å². The Labute approximate surface area is 134 Å². The van der Waals surface area contributed by atoms with Gasteiger partial charge in [0.05, 0.1) is 17.6 Å². The fourth-order valence-corrected chi connectivity index (χ4v) is 2.90. The van der Waals surface area contributed by atoms with E-state index in [2.05, 4.69) is 20.3 Å². The van der Waals surface area contributed by atoms with Gasteiger partial charge >= 0.3 is 0 Å². The minimum absolute atomic E-state index is 0.574. The van der Waals surface area contributed by atoms with E-state index in [1.54, 1.807) is 11.0 Å². The van der Waals surface area contributed by atoms with Crippen LogP contribution < -0.4 is 10.2 Å². The zero-order valence-electron chi connectivity index (χ0n) is 13.1. The summed E-state index contributed by atoms with van der Waals surface area (Å²) in [5.74, 6) is 2.62. The second-order valence-electron chi connectivity index (χ2n) is 5.73. The number of hydrogen-bond donors (Lipinski definition) is 1. The number of hydrogen-bond acceptors (Lipinski definition) is 6. The zero-order chi connectivity index (χ0) is 15.6. The molecule has 1 saturated heterocycles. The van der Waals surface area contributed by atoms with Gasteiger partial charge in [-0.3, -0.25) is 4.68 Å². The summed E-state index contributed by atoms with van der Waals surface area (Å²) >= 11 is 0. The van der Waals surface area contributed by atoms with E-state index in [1.165, 1.54) is 12.8 Å². The van der Waals surface area contributed by atoms with Gasteiger partial charge < -0.3 is 10.2 Å². The molecular weight excluding hydrogens is 290 g/mol. The summed E-state index contributed by atoms with van der Waals surface area (Å²) in [7, 11) is 1.89. The number of rotatable bonds is 4. The Kier molecular flexibility index (Phi) is 3.53. The van der Waals surface area contributed by atoms with Gasteiger partial charge in [-0.05, 0) is 25.0 Å². The van der Waals surface area contributed by atoms with Crippen LogP contribution in [-0.2, 0) is 13.6 Å². The van der Waals surface area contributed by atoms with E-state index in [1.807, 2.05) is 31.3 Å². The third-order valence-electron chi connectivity index (χ3n) is 4.18. The van der Waals surface area contributed by atoms with Crippen molar-refractivity contribution in [2.24, 2.45) is 7.05 Å². The second-order valence-corrected chi connectivity index (χ2v) is 5.73. The molecule has 1 aliphatic rings. The fraction of sp³-hybridized carbons (Fsp3) is 0.375. The predicted molar refractivity (Wildman–Crippen MR) is 89.3 cm³/mol. The van der Waals surface area contributed by atoms with Crippen molar-refractivity contribution in [1.29, 1.82) is 0 Å². The smallest absolute Gasteiger partial charge is 0.172 e. The molecule has 3 aromatic rings. The van der Waals surface area contributed by atoms with E-state index in [9.17, 15) is 0 Å². The summed E-state index contributed by atoms with van der Waals surface area (Å²) in [4.78, 5) is 16.2. The quantitative estimate of drug-likeness (QED) is 0.794. The molecule has 0 saturated carbocycles. The van der Waals surface area contributed by atoms with Crippen LogP contribution >= 0.6 is 0 Å². The van der Waals surface area contributed by atoms with E-state index in [4.69, 9.17) is 9.97 Å². The van der Waals surface area contributed by atoms with Gasteiger partial charge in [-0.15, -0.1) is 0 Å². The van der Waals surface area contributed by atoms with Crippen LogP contribution in [0.3, 0.4) is 0 Å². The molecule has 1 aliphatic heterocycles. The maximum Gasteiger partial charge on any atom is 0.172 e. The van der Waals surface area contributed by atoms with Gasteiger partial charge in [-0.2, -0.15) is 5.10 Å². The monoisotopic (exact) mass is 309 g/mol. The number of aromatic nitrogens is 5. The average molecular weight is 309 g/mol. The van der Waals surface area contributed by atoms with Crippen LogP contribution in [0.15, 0.2) is 30.6 Å². The lowest BCUT2D eigenvalue weighted by atomic mass is 10.3. The molecule has 0 amide bonds. The number of aryl methyl sites for hydroxylation is 1. The summed E-state index contributed by atoms with van der Waals surface area (Å²) in [6.45, 7) is 2.64. The first kappa shape index (κ1) is 13.9. The summed E-state index contributed by atoms with van der Waals surface area (Å²) in [6.07, 6.45) is 3.97. The Morgan fingerprint density at radius 3 is 2.52 bits per heavy atom. The highest BCUT2D eigenvalue weighted by Crippen LogP contribution is 2.28. The highest BCUT2D eigenvalue weighted by atomic mass is 15.3. The van der Waals surface area contributed by atoms with E-state index >= 15 is 0 Å². The Balaban J connectivity index is 1.70. The second kappa shape index (κ2) is 5.83. The first-order chi connectivity index (χ1) is 11.3. The minimum Gasteiger partial charge on any atom is -0.360 e. The molecule has 0 unspecified atom stereocenters. The maximum absolute atomic E-state index is 4.84. The van der Waals surface area contributed by atoms with Crippen LogP contribution in [0.2, 0.25) is 0 Å². The molecule has 0 aliphatic carbocycles. The summed E-state index contributed by atoms with van der Waals surface area (Å²) in [5, 5.41) is 7.48. The first-order valence-electron chi connectivity index (χ1n) is 7.90. The van der Waals surface area contributed by atoms with Gasteiger partial charge in [0.25, 0.3) is 0 Å². The maximum atomic E-state index is 4.84. The lowest BCUT2D eigenvalue weighted by Gasteiger charge is -2.20. The molecule has 0 atom stereocenters. The zero-order valence-corrected chi connectivity index (χ0v) is 13.1. The van der Waals surface area contributed by atoms with Gasteiger partial charge in [0.15, 0.2) is 11.6 Å². The average Bonchev–Trinajstić information content (AvgIpc) is 3.24. The van der Waals surface area contributed by atoms with Crippen molar-refractivity contribution < 1.29 is 0 Å². The Bertz CT molecular complexity index is 820. The van der Waals surface area contributed by atoms with Crippen molar-refractivity contribution in [3.05, 3.63) is 36.4 Å². The number of para-hydroxylation sites is 2. The standard InChI is InChI=1S/C16H19N7/c1-22-14(18-11-19-22)10-17-15-16(23-8-4-5-9-23)21-13-7-3-2-6-12(13)20-15/h2-3,6-7,11H,4-5,8-10H2,1H3,(H,17,20). The third-order valence-corrected chi connectivity index (χ3v) is 4.18. The SMILES string of the molecule is Cn1ncnc1CNc1nc2ccccc2nc1N1CCCC1. The van der Waals surface area contributed by atoms with Gasteiger partial charge in [0.2, 0.25) is 0 Å². The predicted octanol–water partition coefficient (Wildman–Crippen LogP) is 1.97. The minimum atomic E-state index is 0.574. The molecule has 7 heteroatoms. The first-order valence-corrected chi connectivity index (χ1v) is 7.90. The molecule has 1 aromatic carbocycles. The van der Waals surface area contributed by atoms with E-state index in [0.717, 1.165) is 41.6 Å². The molecule has 0 spiro atoms. The van der Waals surface area contributed by atoms with Crippen molar-refractivity contribution >= 4 is 22.7 Å². The van der Waals surface area contributed by atoms with Crippen molar-refractivity contribution in [2.75, 3.05) is 23.3 Å².